The number of hydrogen-bond donors (Lipinski definition) is 2. The first kappa shape index (κ1) is 9.98. The molecule has 0 aromatic heterocycles. The van der Waals surface area contributed by atoms with Gasteiger partial charge >= 0.3 is 11.9 Å². The second kappa shape index (κ2) is 4.23. The molecule has 0 bridgehead atoms. The van der Waals surface area contributed by atoms with Gasteiger partial charge in [0.15, 0.2) is 0 Å². The highest BCUT2D eigenvalue weighted by Gasteiger charge is 2.30. The predicted molar refractivity (Wildman–Crippen MR) is 44.5 cm³/mol. The Kier molecular flexibility index (Phi) is 3.25. The molecular formula is C8H13NO4. The van der Waals surface area contributed by atoms with Gasteiger partial charge in [0.1, 0.15) is 0 Å². The zero-order valence-corrected chi connectivity index (χ0v) is 7.27. The highest BCUT2D eigenvalue weighted by molar-refractivity contribution is 5.69. The van der Waals surface area contributed by atoms with Crippen molar-refractivity contribution in [3.63, 3.8) is 0 Å². The molecule has 0 amide bonds. The standard InChI is InChI=1S/C8H13NO4/c10-7(11)3-4-9(5-8(12)13)6-1-2-6/h6H,1-5H2,(H,10,11)(H,12,13). The third-order valence-electron chi connectivity index (χ3n) is 2.01. The number of carboxylic acids is 2. The molecule has 5 nitrogen and oxygen atoms in total. The van der Waals surface area contributed by atoms with Gasteiger partial charge in [0.05, 0.1) is 13.0 Å². The van der Waals surface area contributed by atoms with Crippen molar-refractivity contribution >= 4 is 11.9 Å². The van der Waals surface area contributed by atoms with Gasteiger partial charge in [-0.3, -0.25) is 14.5 Å². The van der Waals surface area contributed by atoms with Crippen LogP contribution < -0.4 is 0 Å². The van der Waals surface area contributed by atoms with E-state index in [1.165, 1.54) is 0 Å². The van der Waals surface area contributed by atoms with Crippen molar-refractivity contribution in [3.05, 3.63) is 0 Å². The maximum Gasteiger partial charge on any atom is 0.317 e. The van der Waals surface area contributed by atoms with Gasteiger partial charge in [0.2, 0.25) is 0 Å². The summed E-state index contributed by atoms with van der Waals surface area (Å²) in [6, 6.07) is 0.301. The maximum absolute atomic E-state index is 10.4. The molecule has 0 aromatic rings. The molecule has 0 saturated heterocycles. The molecule has 0 radical (unpaired) electrons. The Balaban J connectivity index is 2.29. The highest BCUT2D eigenvalue weighted by Crippen LogP contribution is 2.26. The lowest BCUT2D eigenvalue weighted by Gasteiger charge is -2.17. The van der Waals surface area contributed by atoms with Crippen LogP contribution >= 0.6 is 0 Å². The third-order valence-corrected chi connectivity index (χ3v) is 2.01. The van der Waals surface area contributed by atoms with Crippen molar-refractivity contribution in [2.24, 2.45) is 0 Å². The van der Waals surface area contributed by atoms with E-state index in [0.717, 1.165) is 12.8 Å². The van der Waals surface area contributed by atoms with Gasteiger partial charge in [0, 0.05) is 12.6 Å². The lowest BCUT2D eigenvalue weighted by atomic mass is 10.3. The van der Waals surface area contributed by atoms with E-state index in [1.54, 1.807) is 4.90 Å². The van der Waals surface area contributed by atoms with E-state index in [0.29, 0.717) is 12.6 Å². The van der Waals surface area contributed by atoms with Crippen molar-refractivity contribution in [1.29, 1.82) is 0 Å². The summed E-state index contributed by atoms with van der Waals surface area (Å²) >= 11 is 0. The van der Waals surface area contributed by atoms with Gasteiger partial charge in [-0.25, -0.2) is 0 Å². The lowest BCUT2D eigenvalue weighted by Crippen LogP contribution is -2.33. The molecule has 74 valence electrons. The van der Waals surface area contributed by atoms with Crippen LogP contribution in [0.5, 0.6) is 0 Å². The van der Waals surface area contributed by atoms with Crippen LogP contribution in [0.3, 0.4) is 0 Å². The minimum Gasteiger partial charge on any atom is -0.481 e. The van der Waals surface area contributed by atoms with Gasteiger partial charge in [0.25, 0.3) is 0 Å². The third kappa shape index (κ3) is 3.89. The fraction of sp³-hybridized carbons (Fsp3) is 0.750. The summed E-state index contributed by atoms with van der Waals surface area (Å²) in [7, 11) is 0. The summed E-state index contributed by atoms with van der Waals surface area (Å²) < 4.78 is 0. The second-order valence-corrected chi connectivity index (χ2v) is 3.24. The molecule has 0 heterocycles. The van der Waals surface area contributed by atoms with Crippen LogP contribution in [-0.2, 0) is 9.59 Å². The van der Waals surface area contributed by atoms with E-state index < -0.39 is 11.9 Å². The summed E-state index contributed by atoms with van der Waals surface area (Å²) in [5.74, 6) is -1.77. The molecule has 0 aromatic carbocycles. The van der Waals surface area contributed by atoms with E-state index in [9.17, 15) is 9.59 Å². The first-order valence-electron chi connectivity index (χ1n) is 4.27. The molecule has 1 saturated carbocycles. The van der Waals surface area contributed by atoms with Crippen molar-refractivity contribution < 1.29 is 19.8 Å². The van der Waals surface area contributed by atoms with E-state index in [1.807, 2.05) is 0 Å². The molecule has 13 heavy (non-hydrogen) atoms. The molecule has 5 heteroatoms. The van der Waals surface area contributed by atoms with Crippen molar-refractivity contribution in [3.8, 4) is 0 Å². The quantitative estimate of drug-likeness (QED) is 0.612. The Labute approximate surface area is 76.0 Å². The van der Waals surface area contributed by atoms with Gasteiger partial charge in [-0.1, -0.05) is 0 Å². The van der Waals surface area contributed by atoms with Crippen LogP contribution in [-0.4, -0.2) is 46.2 Å². The normalized spacial score (nSPS) is 16.1. The number of aliphatic carboxylic acids is 2. The van der Waals surface area contributed by atoms with Crippen LogP contribution in [0.1, 0.15) is 19.3 Å². The Morgan fingerprint density at radius 2 is 1.85 bits per heavy atom. The number of nitrogens with zero attached hydrogens (tertiary/aromatic N) is 1. The van der Waals surface area contributed by atoms with Crippen molar-refractivity contribution in [2.45, 2.75) is 25.3 Å². The first-order valence-corrected chi connectivity index (χ1v) is 4.27. The zero-order chi connectivity index (χ0) is 9.84. The SMILES string of the molecule is O=C(O)CCN(CC(=O)O)C1CC1. The molecule has 0 atom stereocenters. The Morgan fingerprint density at radius 1 is 1.23 bits per heavy atom. The van der Waals surface area contributed by atoms with Crippen LogP contribution in [0.2, 0.25) is 0 Å². The molecule has 1 rings (SSSR count). The molecule has 1 fully saturated rings. The molecule has 0 spiro atoms. The van der Waals surface area contributed by atoms with Gasteiger partial charge in [-0.15, -0.1) is 0 Å². The van der Waals surface area contributed by atoms with Crippen molar-refractivity contribution in [2.75, 3.05) is 13.1 Å². The monoisotopic (exact) mass is 187 g/mol. The van der Waals surface area contributed by atoms with Crippen LogP contribution in [0.25, 0.3) is 0 Å². The molecule has 0 aliphatic heterocycles. The van der Waals surface area contributed by atoms with Crippen molar-refractivity contribution in [1.82, 2.24) is 4.90 Å². The Morgan fingerprint density at radius 3 is 2.23 bits per heavy atom. The fourth-order valence-electron chi connectivity index (χ4n) is 1.24. The Bertz CT molecular complexity index is 212. The Hall–Kier alpha value is -1.10. The molecule has 1 aliphatic carbocycles. The average molecular weight is 187 g/mol. The minimum atomic E-state index is -0.891. The van der Waals surface area contributed by atoms with E-state index in [2.05, 4.69) is 0 Å². The summed E-state index contributed by atoms with van der Waals surface area (Å²) in [5, 5.41) is 17.0. The largest absolute Gasteiger partial charge is 0.481 e. The first-order chi connectivity index (χ1) is 6.09. The fourth-order valence-corrected chi connectivity index (χ4v) is 1.24. The molecule has 1 aliphatic rings. The van der Waals surface area contributed by atoms with E-state index in [4.69, 9.17) is 10.2 Å². The van der Waals surface area contributed by atoms with Crippen LogP contribution in [0, 0.1) is 0 Å². The number of carboxylic acid groups (broad SMARTS) is 2. The highest BCUT2D eigenvalue weighted by atomic mass is 16.4. The topological polar surface area (TPSA) is 77.8 Å². The number of hydrogen-bond acceptors (Lipinski definition) is 3. The van der Waals surface area contributed by atoms with Crippen LogP contribution in [0.15, 0.2) is 0 Å². The molecule has 0 unspecified atom stereocenters. The predicted octanol–water partition coefficient (Wildman–Crippen LogP) is 0.0101. The van der Waals surface area contributed by atoms with Gasteiger partial charge in [-0.2, -0.15) is 0 Å². The molecule has 2 N–H and O–H groups in total. The van der Waals surface area contributed by atoms with Gasteiger partial charge in [-0.05, 0) is 12.8 Å². The smallest absolute Gasteiger partial charge is 0.317 e. The summed E-state index contributed by atoms with van der Waals surface area (Å²) in [5.41, 5.74) is 0. The minimum absolute atomic E-state index is 0.0176. The average Bonchev–Trinajstić information content (AvgIpc) is 2.78. The summed E-state index contributed by atoms with van der Waals surface area (Å²) in [6.07, 6.45) is 2.00. The number of rotatable bonds is 6. The maximum atomic E-state index is 10.4. The second-order valence-electron chi connectivity index (χ2n) is 3.24. The van der Waals surface area contributed by atoms with E-state index in [-0.39, 0.29) is 13.0 Å². The molecular weight excluding hydrogens is 174 g/mol. The van der Waals surface area contributed by atoms with Gasteiger partial charge < -0.3 is 10.2 Å². The summed E-state index contributed by atoms with van der Waals surface area (Å²) in [6.45, 7) is 0.296. The summed E-state index contributed by atoms with van der Waals surface area (Å²) in [4.78, 5) is 22.4. The number of carbonyl (C=O) groups is 2. The zero-order valence-electron chi connectivity index (χ0n) is 7.27. The lowest BCUT2D eigenvalue weighted by molar-refractivity contribution is -0.141. The van der Waals surface area contributed by atoms with E-state index >= 15 is 0 Å². The van der Waals surface area contributed by atoms with Crippen LogP contribution in [0.4, 0.5) is 0 Å².